The van der Waals surface area contributed by atoms with Crippen molar-refractivity contribution in [3.05, 3.63) is 59.7 Å². The molecule has 1 saturated heterocycles. The third kappa shape index (κ3) is 3.24. The van der Waals surface area contributed by atoms with Crippen molar-refractivity contribution in [2.45, 2.75) is 25.3 Å². The van der Waals surface area contributed by atoms with Gasteiger partial charge in [0.2, 0.25) is 0 Å². The van der Waals surface area contributed by atoms with Crippen molar-refractivity contribution in [2.24, 2.45) is 0 Å². The largest absolute Gasteiger partial charge is 0.299 e. The molecule has 2 aromatic rings. The fourth-order valence-corrected chi connectivity index (χ4v) is 2.82. The number of halogens is 2. The molecule has 0 N–H and O–H groups in total. The summed E-state index contributed by atoms with van der Waals surface area (Å²) in [5.74, 6) is -1.09. The van der Waals surface area contributed by atoms with Crippen LogP contribution in [-0.4, -0.2) is 28.0 Å². The fraction of sp³-hybridized carbons (Fsp3) is 0.375. The Kier molecular flexibility index (Phi) is 4.20. The van der Waals surface area contributed by atoms with Crippen LogP contribution in [0.3, 0.4) is 0 Å². The average molecular weight is 289 g/mol. The van der Waals surface area contributed by atoms with Crippen LogP contribution in [0.4, 0.5) is 8.78 Å². The lowest BCUT2D eigenvalue weighted by Gasteiger charge is -2.31. The van der Waals surface area contributed by atoms with Crippen molar-refractivity contribution in [3.63, 3.8) is 0 Å². The second kappa shape index (κ2) is 6.26. The van der Waals surface area contributed by atoms with Crippen molar-refractivity contribution in [1.82, 2.24) is 14.9 Å². The molecule has 1 aromatic heterocycles. The van der Waals surface area contributed by atoms with E-state index in [1.807, 2.05) is 6.20 Å². The number of nitrogens with zero attached hydrogens (tertiary/aromatic N) is 3. The first-order valence-corrected chi connectivity index (χ1v) is 7.15. The smallest absolute Gasteiger partial charge is 0.163 e. The zero-order valence-electron chi connectivity index (χ0n) is 11.7. The third-order valence-corrected chi connectivity index (χ3v) is 4.01. The van der Waals surface area contributed by atoms with Gasteiger partial charge in [-0.3, -0.25) is 14.9 Å². The minimum Gasteiger partial charge on any atom is -0.299 e. The van der Waals surface area contributed by atoms with E-state index in [9.17, 15) is 8.78 Å². The molecule has 0 atom stereocenters. The second-order valence-corrected chi connectivity index (χ2v) is 5.39. The number of hydrogen-bond donors (Lipinski definition) is 0. The van der Waals surface area contributed by atoms with Gasteiger partial charge in [-0.25, -0.2) is 8.78 Å². The van der Waals surface area contributed by atoms with Crippen LogP contribution in [0.1, 0.15) is 30.0 Å². The highest BCUT2D eigenvalue weighted by atomic mass is 19.2. The number of aromatic nitrogens is 2. The van der Waals surface area contributed by atoms with E-state index in [2.05, 4.69) is 14.9 Å². The summed E-state index contributed by atoms with van der Waals surface area (Å²) in [6, 6.07) is 4.35. The SMILES string of the molecule is Fc1cccc(CN2CCC(c3cnccn3)CC2)c1F. The van der Waals surface area contributed by atoms with Gasteiger partial charge >= 0.3 is 0 Å². The van der Waals surface area contributed by atoms with E-state index in [-0.39, 0.29) is 0 Å². The Morgan fingerprint density at radius 3 is 2.67 bits per heavy atom. The van der Waals surface area contributed by atoms with Crippen molar-refractivity contribution in [3.8, 4) is 0 Å². The molecule has 1 aromatic carbocycles. The predicted octanol–water partition coefficient (Wildman–Crippen LogP) is 3.13. The lowest BCUT2D eigenvalue weighted by molar-refractivity contribution is 0.200. The summed E-state index contributed by atoms with van der Waals surface area (Å²) >= 11 is 0. The Balaban J connectivity index is 1.60. The highest BCUT2D eigenvalue weighted by Crippen LogP contribution is 2.27. The number of rotatable bonds is 3. The highest BCUT2D eigenvalue weighted by Gasteiger charge is 2.22. The predicted molar refractivity (Wildman–Crippen MR) is 75.6 cm³/mol. The van der Waals surface area contributed by atoms with Gasteiger partial charge in [-0.05, 0) is 32.0 Å². The molecule has 0 bridgehead atoms. The zero-order chi connectivity index (χ0) is 14.7. The average Bonchev–Trinajstić information content (AvgIpc) is 2.53. The van der Waals surface area contributed by atoms with Gasteiger partial charge in [0.15, 0.2) is 11.6 Å². The molecule has 0 amide bonds. The van der Waals surface area contributed by atoms with E-state index in [1.165, 1.54) is 0 Å². The van der Waals surface area contributed by atoms with Gasteiger partial charge < -0.3 is 0 Å². The first-order chi connectivity index (χ1) is 10.2. The van der Waals surface area contributed by atoms with E-state index < -0.39 is 11.6 Å². The first kappa shape index (κ1) is 14.1. The number of benzene rings is 1. The molecule has 5 heteroatoms. The van der Waals surface area contributed by atoms with Gasteiger partial charge in [-0.2, -0.15) is 0 Å². The summed E-state index contributed by atoms with van der Waals surface area (Å²) < 4.78 is 26.9. The van der Waals surface area contributed by atoms with E-state index in [0.717, 1.165) is 37.7 Å². The molecule has 1 fully saturated rings. The topological polar surface area (TPSA) is 29.0 Å². The van der Waals surface area contributed by atoms with E-state index in [4.69, 9.17) is 0 Å². The summed E-state index contributed by atoms with van der Waals surface area (Å²) in [6.07, 6.45) is 7.13. The van der Waals surface area contributed by atoms with Crippen LogP contribution >= 0.6 is 0 Å². The fourth-order valence-electron chi connectivity index (χ4n) is 2.82. The molecule has 3 rings (SSSR count). The molecule has 0 unspecified atom stereocenters. The minimum absolute atomic E-state index is 0.410. The molecule has 1 aliphatic rings. The molecule has 21 heavy (non-hydrogen) atoms. The minimum atomic E-state index is -0.776. The van der Waals surface area contributed by atoms with E-state index in [0.29, 0.717) is 18.0 Å². The Labute approximate surface area is 122 Å². The molecule has 3 nitrogen and oxygen atoms in total. The zero-order valence-corrected chi connectivity index (χ0v) is 11.7. The summed E-state index contributed by atoms with van der Waals surface area (Å²) in [5.41, 5.74) is 1.45. The number of piperidine rings is 1. The van der Waals surface area contributed by atoms with Crippen LogP contribution in [-0.2, 0) is 6.54 Å². The first-order valence-electron chi connectivity index (χ1n) is 7.15. The Hall–Kier alpha value is -1.88. The molecule has 0 saturated carbocycles. The number of hydrogen-bond acceptors (Lipinski definition) is 3. The van der Waals surface area contributed by atoms with Crippen molar-refractivity contribution in [1.29, 1.82) is 0 Å². The molecule has 2 heterocycles. The molecule has 0 radical (unpaired) electrons. The van der Waals surface area contributed by atoms with Gasteiger partial charge in [-0.15, -0.1) is 0 Å². The highest BCUT2D eigenvalue weighted by molar-refractivity contribution is 5.19. The van der Waals surface area contributed by atoms with Crippen molar-refractivity contribution < 1.29 is 8.78 Å². The summed E-state index contributed by atoms with van der Waals surface area (Å²) in [5, 5.41) is 0. The molecule has 1 aliphatic heterocycles. The molecular weight excluding hydrogens is 272 g/mol. The molecule has 0 spiro atoms. The number of likely N-dealkylation sites (tertiary alicyclic amines) is 1. The van der Waals surface area contributed by atoms with Gasteiger partial charge in [0.25, 0.3) is 0 Å². The van der Waals surface area contributed by atoms with Crippen LogP contribution in [0.5, 0.6) is 0 Å². The maximum Gasteiger partial charge on any atom is 0.163 e. The van der Waals surface area contributed by atoms with Crippen molar-refractivity contribution >= 4 is 0 Å². The maximum atomic E-state index is 13.7. The standard InChI is InChI=1S/C16H17F2N3/c17-14-3-1-2-13(16(14)18)11-21-8-4-12(5-9-21)15-10-19-6-7-20-15/h1-3,6-7,10,12H,4-5,8-9,11H2. The lowest BCUT2D eigenvalue weighted by atomic mass is 9.93. The Morgan fingerprint density at radius 1 is 1.14 bits per heavy atom. The van der Waals surface area contributed by atoms with Crippen LogP contribution in [0.15, 0.2) is 36.8 Å². The Bertz CT molecular complexity index is 596. The summed E-state index contributed by atoms with van der Waals surface area (Å²) in [4.78, 5) is 10.6. The van der Waals surface area contributed by atoms with Crippen LogP contribution in [0, 0.1) is 11.6 Å². The molecular formula is C16H17F2N3. The van der Waals surface area contributed by atoms with Gasteiger partial charge in [0.1, 0.15) is 0 Å². The van der Waals surface area contributed by atoms with Crippen molar-refractivity contribution in [2.75, 3.05) is 13.1 Å². The van der Waals surface area contributed by atoms with Crippen LogP contribution < -0.4 is 0 Å². The normalized spacial score (nSPS) is 17.0. The lowest BCUT2D eigenvalue weighted by Crippen LogP contribution is -2.33. The molecule has 110 valence electrons. The van der Waals surface area contributed by atoms with Crippen LogP contribution in [0.2, 0.25) is 0 Å². The van der Waals surface area contributed by atoms with E-state index >= 15 is 0 Å². The van der Waals surface area contributed by atoms with E-state index in [1.54, 1.807) is 24.5 Å². The summed E-state index contributed by atoms with van der Waals surface area (Å²) in [6.45, 7) is 2.17. The maximum absolute atomic E-state index is 13.7. The van der Waals surface area contributed by atoms with Gasteiger partial charge in [0, 0.05) is 36.6 Å². The quantitative estimate of drug-likeness (QED) is 0.869. The van der Waals surface area contributed by atoms with Crippen LogP contribution in [0.25, 0.3) is 0 Å². The second-order valence-electron chi connectivity index (χ2n) is 5.39. The third-order valence-electron chi connectivity index (χ3n) is 4.01. The monoisotopic (exact) mass is 289 g/mol. The molecule has 0 aliphatic carbocycles. The Morgan fingerprint density at radius 2 is 1.95 bits per heavy atom. The van der Waals surface area contributed by atoms with Gasteiger partial charge in [0.05, 0.1) is 5.69 Å². The van der Waals surface area contributed by atoms with Gasteiger partial charge in [-0.1, -0.05) is 12.1 Å². The summed E-state index contributed by atoms with van der Waals surface area (Å²) in [7, 11) is 0.